The number of carboxylic acids is 1. The van der Waals surface area contributed by atoms with Crippen LogP contribution in [0.5, 0.6) is 11.5 Å². The Balaban J connectivity index is 1.41. The van der Waals surface area contributed by atoms with Gasteiger partial charge < -0.3 is 14.6 Å². The van der Waals surface area contributed by atoms with Gasteiger partial charge in [-0.25, -0.2) is 0 Å². The first-order valence-corrected chi connectivity index (χ1v) is 10.5. The van der Waals surface area contributed by atoms with Crippen LogP contribution in [0.4, 0.5) is 0 Å². The summed E-state index contributed by atoms with van der Waals surface area (Å²) < 4.78 is 11.3. The molecule has 30 heavy (non-hydrogen) atoms. The smallest absolute Gasteiger partial charge is 0.309 e. The van der Waals surface area contributed by atoms with E-state index in [1.807, 2.05) is 24.3 Å². The lowest BCUT2D eigenvalue weighted by atomic mass is 9.85. The van der Waals surface area contributed by atoms with Gasteiger partial charge in [-0.3, -0.25) is 9.69 Å². The molecule has 6 heteroatoms. The molecule has 2 aliphatic rings. The van der Waals surface area contributed by atoms with Gasteiger partial charge >= 0.3 is 5.97 Å². The Bertz CT molecular complexity index is 995. The molecule has 0 spiro atoms. The number of ether oxygens (including phenoxy) is 2. The Kier molecular flexibility index (Phi) is 6.02. The minimum Gasteiger partial charge on any atom is -0.495 e. The number of hydrogen-bond donors (Lipinski definition) is 1. The Morgan fingerprint density at radius 2 is 2.00 bits per heavy atom. The fourth-order valence-electron chi connectivity index (χ4n) is 4.18. The van der Waals surface area contributed by atoms with E-state index in [-0.39, 0.29) is 5.92 Å². The summed E-state index contributed by atoms with van der Waals surface area (Å²) in [5, 5.41) is 9.64. The second-order valence-corrected chi connectivity index (χ2v) is 8.44. The van der Waals surface area contributed by atoms with Crippen LogP contribution in [0.15, 0.2) is 42.0 Å². The quantitative estimate of drug-likeness (QED) is 0.696. The van der Waals surface area contributed by atoms with E-state index < -0.39 is 5.97 Å². The highest BCUT2D eigenvalue weighted by atomic mass is 35.5. The molecule has 0 amide bonds. The topological polar surface area (TPSA) is 59.0 Å². The van der Waals surface area contributed by atoms with Gasteiger partial charge in [-0.1, -0.05) is 29.3 Å². The lowest BCUT2D eigenvalue weighted by Crippen LogP contribution is -2.50. The SMILES string of the molecule is COc1cc(COc2ccc3c(c2)CCC(CN2CC(C(=O)O)C2)=C3C)ccc1Cl. The van der Waals surface area contributed by atoms with Crippen LogP contribution in [0.2, 0.25) is 5.02 Å². The molecule has 1 heterocycles. The van der Waals surface area contributed by atoms with Crippen LogP contribution in [0.1, 0.15) is 30.0 Å². The van der Waals surface area contributed by atoms with Gasteiger partial charge in [0.05, 0.1) is 18.1 Å². The molecule has 1 fully saturated rings. The normalized spacial score (nSPS) is 16.8. The van der Waals surface area contributed by atoms with Crippen molar-refractivity contribution in [2.24, 2.45) is 5.92 Å². The van der Waals surface area contributed by atoms with Crippen molar-refractivity contribution < 1.29 is 19.4 Å². The molecule has 4 rings (SSSR count). The first-order chi connectivity index (χ1) is 14.4. The molecule has 2 aromatic carbocycles. The van der Waals surface area contributed by atoms with Crippen molar-refractivity contribution in [2.45, 2.75) is 26.4 Å². The highest BCUT2D eigenvalue weighted by Crippen LogP contribution is 2.35. The second kappa shape index (κ2) is 8.70. The van der Waals surface area contributed by atoms with Gasteiger partial charge in [0, 0.05) is 19.6 Å². The Labute approximate surface area is 181 Å². The van der Waals surface area contributed by atoms with Crippen molar-refractivity contribution >= 4 is 23.1 Å². The van der Waals surface area contributed by atoms with Gasteiger partial charge in [0.25, 0.3) is 0 Å². The van der Waals surface area contributed by atoms with Crippen LogP contribution in [-0.4, -0.2) is 42.7 Å². The fourth-order valence-corrected chi connectivity index (χ4v) is 4.37. The van der Waals surface area contributed by atoms with E-state index in [9.17, 15) is 4.79 Å². The molecular weight excluding hydrogens is 402 g/mol. The maximum Gasteiger partial charge on any atom is 0.309 e. The lowest BCUT2D eigenvalue weighted by molar-refractivity contribution is -0.147. The van der Waals surface area contributed by atoms with Gasteiger partial charge in [0.1, 0.15) is 18.1 Å². The summed E-state index contributed by atoms with van der Waals surface area (Å²) in [5.74, 6) is 0.608. The van der Waals surface area contributed by atoms with Crippen LogP contribution in [0.3, 0.4) is 0 Å². The molecule has 1 saturated heterocycles. The molecule has 5 nitrogen and oxygen atoms in total. The van der Waals surface area contributed by atoms with Crippen LogP contribution in [0.25, 0.3) is 5.57 Å². The number of nitrogens with zero attached hydrogens (tertiary/aromatic N) is 1. The first-order valence-electron chi connectivity index (χ1n) is 10.2. The number of fused-ring (bicyclic) bond motifs is 1. The number of carbonyl (C=O) groups is 1. The van der Waals surface area contributed by atoms with Crippen LogP contribution in [-0.2, 0) is 17.8 Å². The Morgan fingerprint density at radius 1 is 1.20 bits per heavy atom. The maximum atomic E-state index is 11.0. The van der Waals surface area contributed by atoms with E-state index in [4.69, 9.17) is 26.2 Å². The van der Waals surface area contributed by atoms with Gasteiger partial charge in [0.2, 0.25) is 0 Å². The van der Waals surface area contributed by atoms with Crippen molar-refractivity contribution in [3.8, 4) is 11.5 Å². The standard InChI is InChI=1S/C24H26ClNO4/c1-15-18(11-26-12-19(13-26)24(27)28)5-4-17-10-20(6-7-21(15)17)30-14-16-3-8-22(25)23(9-16)29-2/h3,6-10,19H,4-5,11-14H2,1-2H3,(H,27,28). The van der Waals surface area contributed by atoms with Gasteiger partial charge in [-0.15, -0.1) is 0 Å². The molecule has 0 saturated carbocycles. The molecule has 1 N–H and O–H groups in total. The van der Waals surface area contributed by atoms with E-state index in [1.54, 1.807) is 7.11 Å². The predicted octanol–water partition coefficient (Wildman–Crippen LogP) is 4.66. The zero-order valence-corrected chi connectivity index (χ0v) is 18.0. The molecule has 0 bridgehead atoms. The molecule has 158 valence electrons. The summed E-state index contributed by atoms with van der Waals surface area (Å²) in [6.45, 7) is 4.79. The minimum absolute atomic E-state index is 0.206. The number of allylic oxidation sites excluding steroid dienone is 1. The van der Waals surface area contributed by atoms with Crippen molar-refractivity contribution in [3.05, 3.63) is 63.7 Å². The van der Waals surface area contributed by atoms with E-state index in [0.29, 0.717) is 30.5 Å². The average Bonchev–Trinajstić information content (AvgIpc) is 2.70. The molecule has 0 radical (unpaired) electrons. The largest absolute Gasteiger partial charge is 0.495 e. The number of carboxylic acid groups (broad SMARTS) is 1. The second-order valence-electron chi connectivity index (χ2n) is 8.03. The van der Waals surface area contributed by atoms with Crippen LogP contribution in [0, 0.1) is 5.92 Å². The number of rotatable bonds is 7. The zero-order valence-electron chi connectivity index (χ0n) is 17.3. The Morgan fingerprint density at radius 3 is 2.73 bits per heavy atom. The monoisotopic (exact) mass is 427 g/mol. The minimum atomic E-state index is -0.685. The number of benzene rings is 2. The van der Waals surface area contributed by atoms with E-state index in [1.165, 1.54) is 22.3 Å². The molecule has 1 aliphatic heterocycles. The number of aryl methyl sites for hydroxylation is 1. The van der Waals surface area contributed by atoms with Gasteiger partial charge in [0.15, 0.2) is 0 Å². The molecular formula is C24H26ClNO4. The molecule has 0 aromatic heterocycles. The maximum absolute atomic E-state index is 11.0. The van der Waals surface area contributed by atoms with Crippen LogP contribution < -0.4 is 9.47 Å². The number of methoxy groups -OCH3 is 1. The summed E-state index contributed by atoms with van der Waals surface area (Å²) in [4.78, 5) is 13.2. The van der Waals surface area contributed by atoms with E-state index in [0.717, 1.165) is 30.7 Å². The van der Waals surface area contributed by atoms with Crippen molar-refractivity contribution in [2.75, 3.05) is 26.7 Å². The highest BCUT2D eigenvalue weighted by molar-refractivity contribution is 6.32. The summed E-state index contributed by atoms with van der Waals surface area (Å²) >= 11 is 6.08. The van der Waals surface area contributed by atoms with Gasteiger partial charge in [-0.2, -0.15) is 0 Å². The summed E-state index contributed by atoms with van der Waals surface area (Å²) in [7, 11) is 1.60. The molecule has 0 atom stereocenters. The molecule has 2 aromatic rings. The van der Waals surface area contributed by atoms with Crippen molar-refractivity contribution in [1.82, 2.24) is 4.90 Å². The van der Waals surface area contributed by atoms with Crippen molar-refractivity contribution in [3.63, 3.8) is 0 Å². The number of likely N-dealkylation sites (tertiary alicyclic amines) is 1. The summed E-state index contributed by atoms with van der Waals surface area (Å²) in [5.41, 5.74) is 6.29. The van der Waals surface area contributed by atoms with Gasteiger partial charge in [-0.05, 0) is 66.3 Å². The average molecular weight is 428 g/mol. The molecule has 0 unspecified atom stereocenters. The van der Waals surface area contributed by atoms with Crippen LogP contribution >= 0.6 is 11.6 Å². The third kappa shape index (κ3) is 4.32. The summed E-state index contributed by atoms with van der Waals surface area (Å²) in [6.07, 6.45) is 1.98. The molecule has 1 aliphatic carbocycles. The number of halogens is 1. The van der Waals surface area contributed by atoms with Crippen molar-refractivity contribution in [1.29, 1.82) is 0 Å². The zero-order chi connectivity index (χ0) is 21.3. The third-order valence-electron chi connectivity index (χ3n) is 6.05. The number of aliphatic carboxylic acids is 1. The Hall–Kier alpha value is -2.50. The van der Waals surface area contributed by atoms with E-state index in [2.05, 4.69) is 24.0 Å². The lowest BCUT2D eigenvalue weighted by Gasteiger charge is -2.38. The summed E-state index contributed by atoms with van der Waals surface area (Å²) in [6, 6.07) is 11.9. The fraction of sp³-hybridized carbons (Fsp3) is 0.375. The predicted molar refractivity (Wildman–Crippen MR) is 117 cm³/mol. The third-order valence-corrected chi connectivity index (χ3v) is 6.36. The number of hydrogen-bond acceptors (Lipinski definition) is 4. The van der Waals surface area contributed by atoms with E-state index >= 15 is 0 Å². The highest BCUT2D eigenvalue weighted by Gasteiger charge is 2.33. The first kappa shape index (κ1) is 20.8.